The number of nitrogens with two attached hydrogens (primary N) is 1. The molecule has 0 spiro atoms. The van der Waals surface area contributed by atoms with E-state index in [2.05, 4.69) is 15.5 Å². The first-order chi connectivity index (χ1) is 9.25. The minimum absolute atomic E-state index is 0.148. The number of ether oxygens (including phenoxy) is 1. The Morgan fingerprint density at radius 3 is 2.70 bits per heavy atom. The summed E-state index contributed by atoms with van der Waals surface area (Å²) < 4.78 is 4.98. The maximum atomic E-state index is 11.9. The second kappa shape index (κ2) is 6.97. The van der Waals surface area contributed by atoms with Crippen molar-refractivity contribution in [2.24, 2.45) is 11.1 Å². The normalized spacial score (nSPS) is 13.1. The Bertz CT molecular complexity index is 474. The van der Waals surface area contributed by atoms with Gasteiger partial charge < -0.3 is 15.8 Å². The number of halogens is 1. The van der Waals surface area contributed by atoms with Crippen molar-refractivity contribution in [2.75, 3.05) is 19.0 Å². The van der Waals surface area contributed by atoms with Crippen LogP contribution in [0, 0.1) is 5.41 Å². The Labute approximate surface area is 124 Å². The van der Waals surface area contributed by atoms with Gasteiger partial charge in [0.25, 0.3) is 0 Å². The van der Waals surface area contributed by atoms with Crippen LogP contribution < -0.4 is 11.1 Å². The number of hydrogen-bond donors (Lipinski definition) is 2. The molecular weight excluding hydrogens is 280 g/mol. The molecule has 1 heterocycles. The van der Waals surface area contributed by atoms with Crippen LogP contribution in [-0.2, 0) is 9.53 Å². The van der Waals surface area contributed by atoms with Gasteiger partial charge in [0.05, 0.1) is 0 Å². The zero-order valence-corrected chi connectivity index (χ0v) is 13.0. The summed E-state index contributed by atoms with van der Waals surface area (Å²) in [7, 11) is 1.61. The molecule has 1 rings (SSSR count). The van der Waals surface area contributed by atoms with Crippen LogP contribution in [0.1, 0.15) is 38.8 Å². The lowest BCUT2D eigenvalue weighted by molar-refractivity contribution is -0.123. The van der Waals surface area contributed by atoms with Gasteiger partial charge in [0.15, 0.2) is 11.0 Å². The molecule has 1 aromatic rings. The molecule has 1 aromatic heterocycles. The van der Waals surface area contributed by atoms with Crippen molar-refractivity contribution in [3.05, 3.63) is 16.8 Å². The predicted octanol–water partition coefficient (Wildman–Crippen LogP) is 2.15. The summed E-state index contributed by atoms with van der Waals surface area (Å²) in [5.41, 5.74) is 6.15. The van der Waals surface area contributed by atoms with E-state index in [0.29, 0.717) is 24.4 Å². The molecule has 1 amide bonds. The molecule has 0 saturated carbocycles. The van der Waals surface area contributed by atoms with Gasteiger partial charge >= 0.3 is 0 Å². The molecule has 0 saturated heterocycles. The highest BCUT2D eigenvalue weighted by molar-refractivity contribution is 6.30. The van der Waals surface area contributed by atoms with E-state index >= 15 is 0 Å². The number of methoxy groups -OCH3 is 1. The Balaban J connectivity index is 2.88. The van der Waals surface area contributed by atoms with Crippen molar-refractivity contribution >= 4 is 23.3 Å². The summed E-state index contributed by atoms with van der Waals surface area (Å²) in [6.07, 6.45) is 0.606. The SMILES string of the molecule is COCCC(N)c1cc(NC(=O)C(C)(C)C)nnc1Cl. The third-order valence-electron chi connectivity index (χ3n) is 2.73. The van der Waals surface area contributed by atoms with Crippen molar-refractivity contribution < 1.29 is 9.53 Å². The van der Waals surface area contributed by atoms with Gasteiger partial charge in [0.2, 0.25) is 5.91 Å². The van der Waals surface area contributed by atoms with E-state index in [9.17, 15) is 4.79 Å². The minimum Gasteiger partial charge on any atom is -0.385 e. The third-order valence-corrected chi connectivity index (χ3v) is 3.03. The topological polar surface area (TPSA) is 90.1 Å². The van der Waals surface area contributed by atoms with Crippen molar-refractivity contribution in [1.29, 1.82) is 0 Å². The lowest BCUT2D eigenvalue weighted by Crippen LogP contribution is -2.28. The van der Waals surface area contributed by atoms with Crippen molar-refractivity contribution in [2.45, 2.75) is 33.2 Å². The molecule has 112 valence electrons. The lowest BCUT2D eigenvalue weighted by atomic mass is 9.96. The minimum atomic E-state index is -0.514. The number of carbonyl (C=O) groups excluding carboxylic acids is 1. The quantitative estimate of drug-likeness (QED) is 0.869. The Kier molecular flexibility index (Phi) is 5.86. The lowest BCUT2D eigenvalue weighted by Gasteiger charge is -2.18. The molecule has 0 aliphatic rings. The smallest absolute Gasteiger partial charge is 0.230 e. The second-order valence-electron chi connectivity index (χ2n) is 5.57. The number of nitrogens with one attached hydrogen (secondary N) is 1. The van der Waals surface area contributed by atoms with Crippen molar-refractivity contribution in [1.82, 2.24) is 10.2 Å². The molecule has 6 nitrogen and oxygen atoms in total. The highest BCUT2D eigenvalue weighted by Gasteiger charge is 2.22. The summed E-state index contributed by atoms with van der Waals surface area (Å²) >= 11 is 5.99. The van der Waals surface area contributed by atoms with E-state index in [1.807, 2.05) is 20.8 Å². The molecule has 0 fully saturated rings. The number of hydrogen-bond acceptors (Lipinski definition) is 5. The molecule has 0 aliphatic carbocycles. The van der Waals surface area contributed by atoms with E-state index < -0.39 is 5.41 Å². The van der Waals surface area contributed by atoms with Crippen LogP contribution in [0.2, 0.25) is 5.15 Å². The van der Waals surface area contributed by atoms with Crippen LogP contribution in [0.15, 0.2) is 6.07 Å². The molecule has 0 aromatic carbocycles. The fraction of sp³-hybridized carbons (Fsp3) is 0.615. The second-order valence-corrected chi connectivity index (χ2v) is 5.93. The van der Waals surface area contributed by atoms with Crippen LogP contribution in [0.5, 0.6) is 0 Å². The summed E-state index contributed by atoms with van der Waals surface area (Å²) in [6.45, 7) is 5.97. The number of aromatic nitrogens is 2. The molecular formula is C13H21ClN4O2. The maximum Gasteiger partial charge on any atom is 0.230 e. The van der Waals surface area contributed by atoms with E-state index in [1.54, 1.807) is 13.2 Å². The number of anilines is 1. The van der Waals surface area contributed by atoms with Crippen molar-refractivity contribution in [3.8, 4) is 0 Å². The molecule has 1 unspecified atom stereocenters. The zero-order chi connectivity index (χ0) is 15.3. The molecule has 0 radical (unpaired) electrons. The summed E-state index contributed by atoms with van der Waals surface area (Å²) in [5, 5.41) is 10.6. The summed E-state index contributed by atoms with van der Waals surface area (Å²) in [4.78, 5) is 11.9. The standard InChI is InChI=1S/C13H21ClN4O2/c1-13(2,3)12(19)16-10-7-8(11(14)18-17-10)9(15)5-6-20-4/h7,9H,5-6,15H2,1-4H3,(H,16,17,19). The van der Waals surface area contributed by atoms with Gasteiger partial charge in [-0.05, 0) is 12.5 Å². The average Bonchev–Trinajstić information content (AvgIpc) is 2.37. The Morgan fingerprint density at radius 1 is 1.50 bits per heavy atom. The Hall–Kier alpha value is -1.24. The fourth-order valence-electron chi connectivity index (χ4n) is 1.42. The molecule has 20 heavy (non-hydrogen) atoms. The highest BCUT2D eigenvalue weighted by Crippen LogP contribution is 2.24. The van der Waals surface area contributed by atoms with Crippen LogP contribution in [-0.4, -0.2) is 29.8 Å². The molecule has 0 aliphatic heterocycles. The third kappa shape index (κ3) is 4.70. The average molecular weight is 301 g/mol. The van der Waals surface area contributed by atoms with Gasteiger partial charge in [-0.25, -0.2) is 0 Å². The zero-order valence-electron chi connectivity index (χ0n) is 12.2. The van der Waals surface area contributed by atoms with Crippen LogP contribution in [0.25, 0.3) is 0 Å². The van der Waals surface area contributed by atoms with Gasteiger partial charge in [-0.3, -0.25) is 4.79 Å². The summed E-state index contributed by atoms with van der Waals surface area (Å²) in [6, 6.07) is 1.34. The molecule has 1 atom stereocenters. The van der Waals surface area contributed by atoms with Gasteiger partial charge in [0.1, 0.15) is 0 Å². The summed E-state index contributed by atoms with van der Waals surface area (Å²) in [5.74, 6) is 0.197. The number of nitrogens with zero attached hydrogens (tertiary/aromatic N) is 2. The fourth-order valence-corrected chi connectivity index (χ4v) is 1.65. The van der Waals surface area contributed by atoms with Gasteiger partial charge in [0, 0.05) is 30.7 Å². The molecule has 3 N–H and O–H groups in total. The number of amides is 1. The number of rotatable bonds is 5. The predicted molar refractivity (Wildman–Crippen MR) is 78.5 cm³/mol. The maximum absolute atomic E-state index is 11.9. The first-order valence-corrected chi connectivity index (χ1v) is 6.72. The first kappa shape index (κ1) is 16.8. The molecule has 7 heteroatoms. The van der Waals surface area contributed by atoms with Crippen LogP contribution in [0.4, 0.5) is 5.82 Å². The van der Waals surface area contributed by atoms with E-state index in [1.165, 1.54) is 0 Å². The highest BCUT2D eigenvalue weighted by atomic mass is 35.5. The van der Waals surface area contributed by atoms with E-state index in [4.69, 9.17) is 22.1 Å². The van der Waals surface area contributed by atoms with E-state index in [-0.39, 0.29) is 17.1 Å². The van der Waals surface area contributed by atoms with Crippen molar-refractivity contribution in [3.63, 3.8) is 0 Å². The van der Waals surface area contributed by atoms with Crippen LogP contribution in [0.3, 0.4) is 0 Å². The Morgan fingerprint density at radius 2 is 2.15 bits per heavy atom. The van der Waals surface area contributed by atoms with Gasteiger partial charge in [-0.15, -0.1) is 10.2 Å². The van der Waals surface area contributed by atoms with Crippen LogP contribution >= 0.6 is 11.6 Å². The monoisotopic (exact) mass is 300 g/mol. The molecule has 0 bridgehead atoms. The van der Waals surface area contributed by atoms with Gasteiger partial charge in [-0.1, -0.05) is 32.4 Å². The number of carbonyl (C=O) groups is 1. The van der Waals surface area contributed by atoms with E-state index in [0.717, 1.165) is 0 Å². The first-order valence-electron chi connectivity index (χ1n) is 6.34. The largest absolute Gasteiger partial charge is 0.385 e. The van der Waals surface area contributed by atoms with Gasteiger partial charge in [-0.2, -0.15) is 0 Å².